The highest BCUT2D eigenvalue weighted by Gasteiger charge is 2.29. The van der Waals surface area contributed by atoms with Gasteiger partial charge in [0, 0.05) is 19.1 Å². The van der Waals surface area contributed by atoms with E-state index >= 15 is 0 Å². The molecule has 2 nitrogen and oxygen atoms in total. The zero-order valence-electron chi connectivity index (χ0n) is 8.35. The zero-order chi connectivity index (χ0) is 12.3. The van der Waals surface area contributed by atoms with Crippen LogP contribution < -0.4 is 4.90 Å². The molecule has 0 bridgehead atoms. The topological polar surface area (TPSA) is 16.1 Å². The minimum Gasteiger partial charge on any atom is -0.351 e. The van der Waals surface area contributed by atoms with Crippen molar-refractivity contribution in [3.63, 3.8) is 0 Å². The fraction of sp³-hybridized carbons (Fsp3) is 0.444. The van der Waals surface area contributed by atoms with Crippen LogP contribution in [-0.2, 0) is 5.88 Å². The Balaban J connectivity index is 2.88. The summed E-state index contributed by atoms with van der Waals surface area (Å²) in [6, 6.07) is 1.45. The van der Waals surface area contributed by atoms with Gasteiger partial charge in [0.15, 0.2) is 0 Å². The molecule has 0 atom stereocenters. The highest BCUT2D eigenvalue weighted by molar-refractivity contribution is 6.32. The van der Waals surface area contributed by atoms with Crippen LogP contribution in [0.15, 0.2) is 12.3 Å². The van der Waals surface area contributed by atoms with E-state index in [4.69, 9.17) is 23.2 Å². The molecule has 16 heavy (non-hydrogen) atoms. The molecule has 0 saturated heterocycles. The van der Waals surface area contributed by atoms with Gasteiger partial charge in [0.25, 0.3) is 0 Å². The lowest BCUT2D eigenvalue weighted by molar-refractivity contribution is -0.119. The van der Waals surface area contributed by atoms with Gasteiger partial charge in [-0.2, -0.15) is 13.2 Å². The van der Waals surface area contributed by atoms with Gasteiger partial charge < -0.3 is 4.90 Å². The van der Waals surface area contributed by atoms with Gasteiger partial charge in [0.2, 0.25) is 0 Å². The lowest BCUT2D eigenvalue weighted by Gasteiger charge is -2.20. The summed E-state index contributed by atoms with van der Waals surface area (Å²) in [5.41, 5.74) is 0.558. The molecule has 0 amide bonds. The maximum absolute atomic E-state index is 12.1. The maximum Gasteiger partial charge on any atom is 0.405 e. The SMILES string of the molecule is CN(CC(F)(F)F)c1cc(CCl)c(Cl)cn1. The van der Waals surface area contributed by atoms with Crippen molar-refractivity contribution in [2.24, 2.45) is 0 Å². The van der Waals surface area contributed by atoms with E-state index in [-0.39, 0.29) is 11.7 Å². The number of rotatable bonds is 3. The molecule has 0 aliphatic rings. The molecule has 1 rings (SSSR count). The Morgan fingerprint density at radius 1 is 1.44 bits per heavy atom. The van der Waals surface area contributed by atoms with Gasteiger partial charge in [-0.15, -0.1) is 11.6 Å². The minimum atomic E-state index is -4.27. The number of anilines is 1. The Hall–Kier alpha value is -0.680. The molecule has 0 spiro atoms. The predicted molar refractivity (Wildman–Crippen MR) is 58.1 cm³/mol. The third-order valence-electron chi connectivity index (χ3n) is 1.87. The smallest absolute Gasteiger partial charge is 0.351 e. The third-order valence-corrected chi connectivity index (χ3v) is 2.50. The van der Waals surface area contributed by atoms with Crippen molar-refractivity contribution in [2.45, 2.75) is 12.1 Å². The molecule has 1 aromatic rings. The molecular weight excluding hydrogens is 264 g/mol. The predicted octanol–water partition coefficient (Wildman–Crippen LogP) is 3.47. The van der Waals surface area contributed by atoms with E-state index in [0.29, 0.717) is 10.6 Å². The first kappa shape index (κ1) is 13.4. The molecular formula is C9H9Cl2F3N2. The van der Waals surface area contributed by atoms with Crippen LogP contribution in [0.3, 0.4) is 0 Å². The van der Waals surface area contributed by atoms with Gasteiger partial charge in [-0.05, 0) is 11.6 Å². The minimum absolute atomic E-state index is 0.133. The second-order valence-corrected chi connectivity index (χ2v) is 3.91. The molecule has 90 valence electrons. The van der Waals surface area contributed by atoms with Crippen molar-refractivity contribution in [1.29, 1.82) is 0 Å². The molecule has 0 radical (unpaired) electrons. The Labute approximate surface area is 101 Å². The quantitative estimate of drug-likeness (QED) is 0.784. The lowest BCUT2D eigenvalue weighted by atomic mass is 10.3. The zero-order valence-corrected chi connectivity index (χ0v) is 9.87. The van der Waals surface area contributed by atoms with Crippen LogP contribution in [0.4, 0.5) is 19.0 Å². The first-order valence-electron chi connectivity index (χ1n) is 4.32. The highest BCUT2D eigenvalue weighted by Crippen LogP contribution is 2.24. The largest absolute Gasteiger partial charge is 0.405 e. The summed E-state index contributed by atoms with van der Waals surface area (Å²) in [7, 11) is 1.31. The van der Waals surface area contributed by atoms with Crippen molar-refractivity contribution in [1.82, 2.24) is 4.98 Å². The standard InChI is InChI=1S/C9H9Cl2F3N2/c1-16(5-9(12,13)14)8-2-6(3-10)7(11)4-15-8/h2,4H,3,5H2,1H3. The Morgan fingerprint density at radius 3 is 2.56 bits per heavy atom. The number of hydrogen-bond acceptors (Lipinski definition) is 2. The normalized spacial score (nSPS) is 11.6. The average Bonchev–Trinajstić information content (AvgIpc) is 2.15. The van der Waals surface area contributed by atoms with E-state index in [2.05, 4.69) is 4.98 Å². The molecule has 0 N–H and O–H groups in total. The van der Waals surface area contributed by atoms with Crippen LogP contribution in [0.5, 0.6) is 0 Å². The van der Waals surface area contributed by atoms with Gasteiger partial charge in [-0.1, -0.05) is 11.6 Å². The van der Waals surface area contributed by atoms with E-state index in [1.165, 1.54) is 19.3 Å². The molecule has 7 heteroatoms. The summed E-state index contributed by atoms with van der Waals surface area (Å²) in [5.74, 6) is 0.325. The molecule has 0 unspecified atom stereocenters. The molecule has 0 aromatic carbocycles. The summed E-state index contributed by atoms with van der Waals surface area (Å²) in [5, 5.41) is 0.346. The van der Waals surface area contributed by atoms with Gasteiger partial charge in [0.1, 0.15) is 12.4 Å². The van der Waals surface area contributed by atoms with Gasteiger partial charge in [0.05, 0.1) is 5.02 Å². The van der Waals surface area contributed by atoms with E-state index in [9.17, 15) is 13.2 Å². The van der Waals surface area contributed by atoms with Crippen molar-refractivity contribution in [3.05, 3.63) is 22.8 Å². The molecule has 0 aliphatic carbocycles. The van der Waals surface area contributed by atoms with E-state index in [1.54, 1.807) is 0 Å². The van der Waals surface area contributed by atoms with Crippen molar-refractivity contribution in [3.8, 4) is 0 Å². The van der Waals surface area contributed by atoms with Crippen LogP contribution in [0.25, 0.3) is 0 Å². The van der Waals surface area contributed by atoms with E-state index in [0.717, 1.165) is 4.90 Å². The second kappa shape index (κ2) is 5.10. The number of hydrogen-bond donors (Lipinski definition) is 0. The van der Waals surface area contributed by atoms with Crippen LogP contribution in [0.2, 0.25) is 5.02 Å². The van der Waals surface area contributed by atoms with Crippen LogP contribution in [0.1, 0.15) is 5.56 Å². The monoisotopic (exact) mass is 272 g/mol. The number of halogens is 5. The van der Waals surface area contributed by atoms with Gasteiger partial charge in [-0.3, -0.25) is 0 Å². The van der Waals surface area contributed by atoms with Crippen LogP contribution in [-0.4, -0.2) is 24.8 Å². The van der Waals surface area contributed by atoms with Gasteiger partial charge in [-0.25, -0.2) is 4.98 Å². The number of alkyl halides is 4. The molecule has 0 aliphatic heterocycles. The van der Waals surface area contributed by atoms with E-state index in [1.807, 2.05) is 0 Å². The molecule has 0 fully saturated rings. The fourth-order valence-electron chi connectivity index (χ4n) is 1.13. The summed E-state index contributed by atoms with van der Waals surface area (Å²) in [6.45, 7) is -1.07. The highest BCUT2D eigenvalue weighted by atomic mass is 35.5. The number of aromatic nitrogens is 1. The van der Waals surface area contributed by atoms with Crippen LogP contribution in [0, 0.1) is 0 Å². The van der Waals surface area contributed by atoms with E-state index < -0.39 is 12.7 Å². The summed E-state index contributed by atoms with van der Waals surface area (Å²) in [6.07, 6.45) is -2.97. The van der Waals surface area contributed by atoms with Crippen molar-refractivity contribution >= 4 is 29.0 Å². The summed E-state index contributed by atoms with van der Waals surface area (Å²) >= 11 is 11.3. The second-order valence-electron chi connectivity index (χ2n) is 3.24. The average molecular weight is 273 g/mol. The van der Waals surface area contributed by atoms with Crippen LogP contribution >= 0.6 is 23.2 Å². The molecule has 1 aromatic heterocycles. The number of nitrogens with zero attached hydrogens (tertiary/aromatic N) is 2. The Kier molecular flexibility index (Phi) is 4.27. The lowest BCUT2D eigenvalue weighted by Crippen LogP contribution is -2.31. The molecule has 0 saturated carbocycles. The third kappa shape index (κ3) is 3.72. The summed E-state index contributed by atoms with van der Waals surface area (Å²) in [4.78, 5) is 4.80. The first-order valence-corrected chi connectivity index (χ1v) is 5.23. The van der Waals surface area contributed by atoms with Crippen molar-refractivity contribution in [2.75, 3.05) is 18.5 Å². The Bertz CT molecular complexity index is 368. The van der Waals surface area contributed by atoms with Gasteiger partial charge >= 0.3 is 6.18 Å². The molecule has 1 heterocycles. The Morgan fingerprint density at radius 2 is 2.06 bits per heavy atom. The first-order chi connectivity index (χ1) is 7.33. The summed E-state index contributed by atoms with van der Waals surface area (Å²) < 4.78 is 36.4. The maximum atomic E-state index is 12.1. The number of pyridine rings is 1. The van der Waals surface area contributed by atoms with Crippen molar-refractivity contribution < 1.29 is 13.2 Å². The fourth-order valence-corrected chi connectivity index (χ4v) is 1.59.